The molecule has 0 unspecified atom stereocenters. The average Bonchev–Trinajstić information content (AvgIpc) is 3.21. The van der Waals surface area contributed by atoms with Crippen molar-refractivity contribution in [2.75, 3.05) is 4.90 Å². The maximum atomic E-state index is 13.1. The quantitative estimate of drug-likeness (QED) is 0.487. The molecule has 0 spiro atoms. The third kappa shape index (κ3) is 3.33. The number of H-pyrrole nitrogens is 1. The molecule has 162 valence electrons. The summed E-state index contributed by atoms with van der Waals surface area (Å²) in [5, 5.41) is 3.02. The van der Waals surface area contributed by atoms with E-state index >= 15 is 0 Å². The lowest BCUT2D eigenvalue weighted by Gasteiger charge is -2.23. The van der Waals surface area contributed by atoms with Crippen LogP contribution in [-0.2, 0) is 16.1 Å². The van der Waals surface area contributed by atoms with Gasteiger partial charge in [0.25, 0.3) is 0 Å². The summed E-state index contributed by atoms with van der Waals surface area (Å²) in [6.45, 7) is 0.143. The molecule has 8 nitrogen and oxygen atoms in total. The third-order valence-electron chi connectivity index (χ3n) is 5.99. The fraction of sp³-hybridized carbons (Fsp3) is 0.217. The van der Waals surface area contributed by atoms with E-state index in [9.17, 15) is 19.2 Å². The van der Waals surface area contributed by atoms with E-state index in [1.807, 2.05) is 30.3 Å². The SMILES string of the molecule is O=C1[C@H]2C[C@H](n3[nH]c(=O)n(Cc4ccccc4)c3=O)C=C[C@H]2C(=O)N1c1cccc(Cl)c1. The Hall–Kier alpha value is -3.65. The van der Waals surface area contributed by atoms with E-state index in [2.05, 4.69) is 5.10 Å². The van der Waals surface area contributed by atoms with Gasteiger partial charge in [0.15, 0.2) is 0 Å². The maximum absolute atomic E-state index is 13.1. The largest absolute Gasteiger partial charge is 0.347 e. The lowest BCUT2D eigenvalue weighted by Crippen LogP contribution is -2.33. The van der Waals surface area contributed by atoms with E-state index in [0.29, 0.717) is 10.7 Å². The number of fused-ring (bicyclic) bond motifs is 1. The first-order valence-electron chi connectivity index (χ1n) is 10.2. The van der Waals surface area contributed by atoms with Crippen molar-refractivity contribution in [3.63, 3.8) is 0 Å². The Kier molecular flexibility index (Phi) is 4.94. The van der Waals surface area contributed by atoms with Crippen molar-refractivity contribution in [3.05, 3.63) is 98.3 Å². The van der Waals surface area contributed by atoms with Gasteiger partial charge in [0.1, 0.15) is 0 Å². The van der Waals surface area contributed by atoms with Crippen LogP contribution in [0, 0.1) is 11.8 Å². The summed E-state index contributed by atoms with van der Waals surface area (Å²) in [5.41, 5.74) is 0.233. The molecule has 0 radical (unpaired) electrons. The van der Waals surface area contributed by atoms with Crippen LogP contribution in [0.15, 0.2) is 76.3 Å². The molecule has 3 atom stereocenters. The molecule has 1 N–H and O–H groups in total. The number of rotatable bonds is 4. The highest BCUT2D eigenvalue weighted by Crippen LogP contribution is 2.40. The van der Waals surface area contributed by atoms with E-state index in [1.54, 1.807) is 36.4 Å². The number of benzene rings is 2. The first-order valence-corrected chi connectivity index (χ1v) is 10.6. The van der Waals surface area contributed by atoms with E-state index < -0.39 is 29.3 Å². The van der Waals surface area contributed by atoms with Crippen LogP contribution in [0.4, 0.5) is 5.69 Å². The second-order valence-corrected chi connectivity index (χ2v) is 8.39. The number of hydrogen-bond donors (Lipinski definition) is 1. The number of carbonyl (C=O) groups excluding carboxylic acids is 2. The number of carbonyl (C=O) groups is 2. The molecule has 1 aliphatic heterocycles. The van der Waals surface area contributed by atoms with Crippen LogP contribution in [0.5, 0.6) is 0 Å². The summed E-state index contributed by atoms with van der Waals surface area (Å²) in [5.74, 6) is -1.88. The average molecular weight is 451 g/mol. The third-order valence-corrected chi connectivity index (χ3v) is 6.23. The fourth-order valence-electron chi connectivity index (χ4n) is 4.42. The minimum Gasteiger partial charge on any atom is -0.274 e. The number of amides is 2. The molecule has 3 aromatic rings. The van der Waals surface area contributed by atoms with E-state index in [0.717, 1.165) is 15.0 Å². The second-order valence-electron chi connectivity index (χ2n) is 7.95. The topological polar surface area (TPSA) is 97.2 Å². The Bertz CT molecular complexity index is 1350. The van der Waals surface area contributed by atoms with Gasteiger partial charge < -0.3 is 0 Å². The van der Waals surface area contributed by atoms with Crippen LogP contribution in [0.2, 0.25) is 5.02 Å². The molecule has 2 heterocycles. The van der Waals surface area contributed by atoms with E-state index in [1.165, 1.54) is 4.68 Å². The highest BCUT2D eigenvalue weighted by molar-refractivity contribution is 6.31. The first kappa shape index (κ1) is 20.3. The number of anilines is 1. The van der Waals surface area contributed by atoms with Crippen molar-refractivity contribution in [2.24, 2.45) is 11.8 Å². The smallest absolute Gasteiger partial charge is 0.274 e. The Morgan fingerprint density at radius 1 is 0.938 bits per heavy atom. The van der Waals surface area contributed by atoms with Gasteiger partial charge in [-0.2, -0.15) is 0 Å². The Labute approximate surface area is 187 Å². The zero-order valence-electron chi connectivity index (χ0n) is 16.8. The number of halogens is 1. The lowest BCUT2D eigenvalue weighted by molar-refractivity contribution is -0.122. The standard InChI is InChI=1S/C23H19ClN4O4/c24-15-7-4-8-16(11-15)27-20(29)18-10-9-17(12-19(18)21(27)30)28-23(32)26(22(31)25-28)13-14-5-2-1-3-6-14/h1-11,17-19H,12-13H2,(H,25,31)/t17-,18-,19+/m1/s1. The zero-order valence-corrected chi connectivity index (χ0v) is 17.6. The Morgan fingerprint density at radius 2 is 1.72 bits per heavy atom. The highest BCUT2D eigenvalue weighted by Gasteiger charge is 2.49. The molecule has 32 heavy (non-hydrogen) atoms. The summed E-state index contributed by atoms with van der Waals surface area (Å²) in [6.07, 6.45) is 3.59. The molecule has 2 amide bonds. The van der Waals surface area contributed by atoms with Crippen LogP contribution in [0.1, 0.15) is 18.0 Å². The van der Waals surface area contributed by atoms with Gasteiger partial charge in [-0.3, -0.25) is 9.59 Å². The van der Waals surface area contributed by atoms with Gasteiger partial charge in [0.2, 0.25) is 11.8 Å². The van der Waals surface area contributed by atoms with Crippen LogP contribution < -0.4 is 16.3 Å². The summed E-state index contributed by atoms with van der Waals surface area (Å²) >= 11 is 6.03. The molecular formula is C23H19ClN4O4. The molecule has 0 bridgehead atoms. The lowest BCUT2D eigenvalue weighted by atomic mass is 9.84. The number of hydrogen-bond acceptors (Lipinski definition) is 4. The number of aromatic amines is 1. The molecular weight excluding hydrogens is 432 g/mol. The van der Waals surface area contributed by atoms with Gasteiger partial charge in [-0.05, 0) is 30.2 Å². The molecule has 5 rings (SSSR count). The van der Waals surface area contributed by atoms with Crippen molar-refractivity contribution in [2.45, 2.75) is 19.0 Å². The molecule has 2 aromatic carbocycles. The first-order chi connectivity index (χ1) is 15.4. The Morgan fingerprint density at radius 3 is 2.47 bits per heavy atom. The van der Waals surface area contributed by atoms with Gasteiger partial charge in [0.05, 0.1) is 30.1 Å². The molecule has 1 saturated heterocycles. The van der Waals surface area contributed by atoms with Crippen LogP contribution in [0.25, 0.3) is 0 Å². The molecule has 1 aromatic heterocycles. The predicted octanol–water partition coefficient (Wildman–Crippen LogP) is 2.35. The van der Waals surface area contributed by atoms with Gasteiger partial charge >= 0.3 is 11.4 Å². The monoisotopic (exact) mass is 450 g/mol. The Balaban J connectivity index is 1.43. The number of allylic oxidation sites excluding steroid dienone is 1. The minimum atomic E-state index is -0.621. The van der Waals surface area contributed by atoms with Crippen molar-refractivity contribution in [1.29, 1.82) is 0 Å². The summed E-state index contributed by atoms with van der Waals surface area (Å²) in [4.78, 5) is 52.5. The second kappa shape index (κ2) is 7.80. The fourth-order valence-corrected chi connectivity index (χ4v) is 4.60. The summed E-state index contributed by atoms with van der Waals surface area (Å²) in [7, 11) is 0. The molecule has 9 heteroatoms. The molecule has 1 aliphatic carbocycles. The number of nitrogens with zero attached hydrogens (tertiary/aromatic N) is 3. The van der Waals surface area contributed by atoms with Crippen molar-refractivity contribution in [3.8, 4) is 0 Å². The number of aromatic nitrogens is 3. The predicted molar refractivity (Wildman–Crippen MR) is 119 cm³/mol. The molecule has 0 saturated carbocycles. The van der Waals surface area contributed by atoms with Gasteiger partial charge in [-0.25, -0.2) is 28.8 Å². The maximum Gasteiger partial charge on any atom is 0.347 e. The van der Waals surface area contributed by atoms with Crippen LogP contribution in [0.3, 0.4) is 0 Å². The minimum absolute atomic E-state index is 0.143. The van der Waals surface area contributed by atoms with E-state index in [-0.39, 0.29) is 24.8 Å². The van der Waals surface area contributed by atoms with Crippen molar-refractivity contribution in [1.82, 2.24) is 14.3 Å². The van der Waals surface area contributed by atoms with Crippen molar-refractivity contribution >= 4 is 29.1 Å². The highest BCUT2D eigenvalue weighted by atomic mass is 35.5. The normalized spacial score (nSPS) is 22.4. The number of imide groups is 1. The van der Waals surface area contributed by atoms with Crippen LogP contribution in [-0.4, -0.2) is 26.2 Å². The zero-order chi connectivity index (χ0) is 22.4. The number of nitrogens with one attached hydrogen (secondary N) is 1. The van der Waals surface area contributed by atoms with Gasteiger partial charge in [0, 0.05) is 5.02 Å². The van der Waals surface area contributed by atoms with Gasteiger partial charge in [-0.1, -0.05) is 60.2 Å². The van der Waals surface area contributed by atoms with Gasteiger partial charge in [-0.15, -0.1) is 0 Å². The van der Waals surface area contributed by atoms with E-state index in [4.69, 9.17) is 11.6 Å². The summed E-state index contributed by atoms with van der Waals surface area (Å²) in [6, 6.07) is 15.2. The molecule has 1 fully saturated rings. The van der Waals surface area contributed by atoms with Crippen LogP contribution >= 0.6 is 11.6 Å². The van der Waals surface area contributed by atoms with Crippen molar-refractivity contribution < 1.29 is 9.59 Å². The molecule has 2 aliphatic rings. The summed E-state index contributed by atoms with van der Waals surface area (Å²) < 4.78 is 2.35.